The van der Waals surface area contributed by atoms with Gasteiger partial charge in [-0.15, -0.1) is 0 Å². The second kappa shape index (κ2) is 9.99. The number of nitrogens with zero attached hydrogens (tertiary/aromatic N) is 7. The number of fused-ring (bicyclic) bond motifs is 3. The van der Waals surface area contributed by atoms with Crippen LogP contribution in [0.15, 0.2) is 125 Å². The average Bonchev–Trinajstić information content (AvgIpc) is 3.81. The zero-order chi connectivity index (χ0) is 28.9. The molecule has 0 saturated carbocycles. The lowest BCUT2D eigenvalue weighted by atomic mass is 10.1. The second-order valence-electron chi connectivity index (χ2n) is 10.4. The number of hydrogen-bond donors (Lipinski definition) is 0. The third-order valence-corrected chi connectivity index (χ3v) is 7.90. The zero-order valence-electron chi connectivity index (χ0n) is 22.9. The fourth-order valence-electron chi connectivity index (χ4n) is 5.83. The number of halogens is 2. The van der Waals surface area contributed by atoms with E-state index in [2.05, 4.69) is 10.2 Å². The fraction of sp³-hybridized carbons (Fsp3) is 0.0588. The quantitative estimate of drug-likeness (QED) is 0.215. The molecule has 9 heteroatoms. The van der Waals surface area contributed by atoms with Crippen LogP contribution < -0.4 is 19.8 Å². The lowest BCUT2D eigenvalue weighted by Gasteiger charge is -2.25. The minimum absolute atomic E-state index is 0.150. The Hall–Kier alpha value is -5.70. The molecule has 0 N–H and O–H groups in total. The monoisotopic (exact) mass is 569 g/mol. The molecule has 1 aromatic heterocycles. The molecule has 0 saturated heterocycles. The fourth-order valence-corrected chi connectivity index (χ4v) is 5.83. The topological polar surface area (TPSA) is 42.6 Å². The second-order valence-corrected chi connectivity index (χ2v) is 10.4. The van der Waals surface area contributed by atoms with E-state index in [1.54, 1.807) is 43.1 Å². The molecule has 210 valence electrons. The molecule has 0 radical (unpaired) electrons. The van der Waals surface area contributed by atoms with Gasteiger partial charge in [-0.1, -0.05) is 72.8 Å². The van der Waals surface area contributed by atoms with E-state index < -0.39 is 11.6 Å². The summed E-state index contributed by atoms with van der Waals surface area (Å²) in [5.74, 6) is -1.35. The third kappa shape index (κ3) is 4.08. The molecule has 0 atom stereocenters. The van der Waals surface area contributed by atoms with Gasteiger partial charge >= 0.3 is 0 Å². The van der Waals surface area contributed by atoms with E-state index in [1.807, 2.05) is 109 Å². The van der Waals surface area contributed by atoms with E-state index in [9.17, 15) is 0 Å². The van der Waals surface area contributed by atoms with E-state index in [1.165, 1.54) is 0 Å². The highest BCUT2D eigenvalue weighted by atomic mass is 19.1. The van der Waals surface area contributed by atoms with Crippen molar-refractivity contribution in [1.82, 2.24) is 4.57 Å². The van der Waals surface area contributed by atoms with Crippen molar-refractivity contribution in [3.63, 3.8) is 0 Å². The molecule has 0 unspecified atom stereocenters. The van der Waals surface area contributed by atoms with Crippen LogP contribution in [0.2, 0.25) is 0 Å². The van der Waals surface area contributed by atoms with Crippen LogP contribution in [0, 0.1) is 11.6 Å². The number of anilines is 4. The summed E-state index contributed by atoms with van der Waals surface area (Å²) in [6, 6.07) is 36.2. The standard InChI is InChI=1S/C34H25F2N7/c35-32-30(39-20-37-41(22-39)24-11-3-1-4-12-24)19-31(40-21-38-42(23-40)25-13-5-2-6-14-25)33(36)34(32)43-28-17-9-7-15-26(28)27-16-8-10-18-29(27)43/h1-21H,22-23H2. The Kier molecular flexibility index (Phi) is 5.82. The summed E-state index contributed by atoms with van der Waals surface area (Å²) in [6.07, 6.45) is 3.16. The first-order valence-electron chi connectivity index (χ1n) is 13.9. The predicted molar refractivity (Wildman–Crippen MR) is 170 cm³/mol. The molecule has 3 heterocycles. The summed E-state index contributed by atoms with van der Waals surface area (Å²) in [5.41, 5.74) is 3.44. The highest BCUT2D eigenvalue weighted by Gasteiger charge is 2.31. The van der Waals surface area contributed by atoms with Gasteiger partial charge in [-0.05, 0) is 42.5 Å². The minimum Gasteiger partial charge on any atom is -0.308 e. The first kappa shape index (κ1) is 25.0. The Morgan fingerprint density at radius 2 is 0.930 bits per heavy atom. The molecule has 2 aliphatic heterocycles. The molecule has 0 spiro atoms. The van der Waals surface area contributed by atoms with Crippen molar-refractivity contribution in [2.75, 3.05) is 33.2 Å². The summed E-state index contributed by atoms with van der Waals surface area (Å²) < 4.78 is 35.5. The largest absolute Gasteiger partial charge is 0.308 e. The number of rotatable bonds is 5. The van der Waals surface area contributed by atoms with Crippen LogP contribution in [0.5, 0.6) is 0 Å². The van der Waals surface area contributed by atoms with E-state index >= 15 is 8.78 Å². The normalized spacial score (nSPS) is 14.7. The SMILES string of the molecule is Fc1c(N2C=NN(c3ccccc3)C2)cc(N2C=NN(c3ccccc3)C2)c(F)c1-n1c2ccccc2c2ccccc21. The van der Waals surface area contributed by atoms with Gasteiger partial charge in [0.1, 0.15) is 31.7 Å². The third-order valence-electron chi connectivity index (χ3n) is 7.90. The summed E-state index contributed by atoms with van der Waals surface area (Å²) in [7, 11) is 0. The van der Waals surface area contributed by atoms with Crippen LogP contribution in [-0.4, -0.2) is 30.6 Å². The van der Waals surface area contributed by atoms with Crippen molar-refractivity contribution < 1.29 is 8.78 Å². The molecule has 6 aromatic rings. The number of benzene rings is 5. The van der Waals surface area contributed by atoms with E-state index in [4.69, 9.17) is 0 Å². The lowest BCUT2D eigenvalue weighted by molar-refractivity contribution is 0.573. The van der Waals surface area contributed by atoms with Gasteiger partial charge in [0, 0.05) is 10.8 Å². The Balaban J connectivity index is 1.30. The first-order chi connectivity index (χ1) is 21.2. The van der Waals surface area contributed by atoms with Gasteiger partial charge in [0.25, 0.3) is 0 Å². The van der Waals surface area contributed by atoms with Gasteiger partial charge in [0.05, 0.1) is 33.8 Å². The maximum atomic E-state index is 16.9. The van der Waals surface area contributed by atoms with Crippen LogP contribution in [0.1, 0.15) is 0 Å². The maximum Gasteiger partial charge on any atom is 0.174 e. The van der Waals surface area contributed by atoms with Crippen molar-refractivity contribution in [3.05, 3.63) is 127 Å². The number of para-hydroxylation sites is 4. The van der Waals surface area contributed by atoms with Crippen LogP contribution in [0.25, 0.3) is 27.5 Å². The van der Waals surface area contributed by atoms with Crippen LogP contribution in [0.3, 0.4) is 0 Å². The van der Waals surface area contributed by atoms with Crippen LogP contribution in [-0.2, 0) is 0 Å². The Morgan fingerprint density at radius 3 is 1.40 bits per heavy atom. The molecule has 0 bridgehead atoms. The van der Waals surface area contributed by atoms with E-state index in [0.717, 1.165) is 22.1 Å². The van der Waals surface area contributed by atoms with Gasteiger partial charge in [-0.2, -0.15) is 10.2 Å². The number of aromatic nitrogens is 1. The molecular weight excluding hydrogens is 544 g/mol. The molecule has 8 rings (SSSR count). The van der Waals surface area contributed by atoms with Crippen molar-refractivity contribution in [3.8, 4) is 5.69 Å². The Labute approximate surface area is 246 Å². The first-order valence-corrected chi connectivity index (χ1v) is 13.9. The van der Waals surface area contributed by atoms with Gasteiger partial charge in [0.15, 0.2) is 11.6 Å². The maximum absolute atomic E-state index is 16.9. The van der Waals surface area contributed by atoms with Gasteiger partial charge in [0.2, 0.25) is 0 Å². The Morgan fingerprint density at radius 1 is 0.512 bits per heavy atom. The molecule has 0 fully saturated rings. The van der Waals surface area contributed by atoms with Crippen molar-refractivity contribution in [1.29, 1.82) is 0 Å². The number of hydrogen-bond acceptors (Lipinski definition) is 6. The summed E-state index contributed by atoms with van der Waals surface area (Å²) in [4.78, 5) is 3.40. The smallest absolute Gasteiger partial charge is 0.174 e. The summed E-state index contributed by atoms with van der Waals surface area (Å²) in [5, 5.41) is 14.4. The molecular formula is C34H25F2N7. The molecule has 2 aliphatic rings. The summed E-state index contributed by atoms with van der Waals surface area (Å²) in [6.45, 7) is 0.533. The van der Waals surface area contributed by atoms with Crippen LogP contribution >= 0.6 is 0 Å². The number of hydrazone groups is 2. The molecule has 5 aromatic carbocycles. The van der Waals surface area contributed by atoms with Crippen molar-refractivity contribution >= 4 is 57.2 Å². The average molecular weight is 570 g/mol. The minimum atomic E-state index is -0.676. The molecule has 43 heavy (non-hydrogen) atoms. The summed E-state index contributed by atoms with van der Waals surface area (Å²) >= 11 is 0. The van der Waals surface area contributed by atoms with Gasteiger partial charge < -0.3 is 14.4 Å². The van der Waals surface area contributed by atoms with E-state index in [0.29, 0.717) is 11.0 Å². The molecule has 0 amide bonds. The van der Waals surface area contributed by atoms with Crippen LogP contribution in [0.4, 0.5) is 31.5 Å². The van der Waals surface area contributed by atoms with Crippen molar-refractivity contribution in [2.24, 2.45) is 10.2 Å². The molecule has 0 aliphatic carbocycles. The van der Waals surface area contributed by atoms with E-state index in [-0.39, 0.29) is 30.4 Å². The highest BCUT2D eigenvalue weighted by Crippen LogP contribution is 2.40. The highest BCUT2D eigenvalue weighted by molar-refractivity contribution is 6.09. The Bertz CT molecular complexity index is 1900. The molecule has 7 nitrogen and oxygen atoms in total. The van der Waals surface area contributed by atoms with Gasteiger partial charge in [-0.3, -0.25) is 0 Å². The van der Waals surface area contributed by atoms with Gasteiger partial charge in [-0.25, -0.2) is 18.8 Å². The zero-order valence-corrected chi connectivity index (χ0v) is 22.9. The van der Waals surface area contributed by atoms with Crippen molar-refractivity contribution in [2.45, 2.75) is 0 Å². The predicted octanol–water partition coefficient (Wildman–Crippen LogP) is 7.52. The lowest BCUT2D eigenvalue weighted by Crippen LogP contribution is -2.30.